The number of nitrogens with one attached hydrogen (secondary N) is 2. The number of rotatable bonds is 4. The second-order valence-electron chi connectivity index (χ2n) is 6.20. The maximum absolute atomic E-state index is 12.3. The molecule has 4 rings (SSSR count). The highest BCUT2D eigenvalue weighted by atomic mass is 32.2. The minimum atomic E-state index is 0.136. The van der Waals surface area contributed by atoms with Crippen molar-refractivity contribution in [1.29, 1.82) is 0 Å². The lowest BCUT2D eigenvalue weighted by molar-refractivity contribution is -0.121. The molecule has 2 aromatic rings. The Bertz CT molecular complexity index is 697. The van der Waals surface area contributed by atoms with Gasteiger partial charge in [0.2, 0.25) is 5.91 Å². The first-order valence-corrected chi connectivity index (χ1v) is 9.26. The van der Waals surface area contributed by atoms with E-state index in [0.29, 0.717) is 13.0 Å². The topological polar surface area (TPSA) is 44.4 Å². The average Bonchev–Trinajstić information content (AvgIpc) is 3.11. The van der Waals surface area contributed by atoms with E-state index in [-0.39, 0.29) is 11.9 Å². The van der Waals surface area contributed by atoms with Crippen molar-refractivity contribution in [3.63, 3.8) is 0 Å². The molecule has 4 nitrogen and oxygen atoms in total. The largest absolute Gasteiger partial charge is 0.352 e. The number of para-hydroxylation sites is 2. The van der Waals surface area contributed by atoms with Crippen molar-refractivity contribution in [1.82, 2.24) is 10.6 Å². The van der Waals surface area contributed by atoms with Crippen molar-refractivity contribution < 1.29 is 4.79 Å². The molecule has 0 radical (unpaired) electrons. The van der Waals surface area contributed by atoms with E-state index >= 15 is 0 Å². The van der Waals surface area contributed by atoms with E-state index < -0.39 is 0 Å². The minimum absolute atomic E-state index is 0.136. The molecule has 0 saturated carbocycles. The van der Waals surface area contributed by atoms with Crippen molar-refractivity contribution in [2.24, 2.45) is 0 Å². The second-order valence-corrected chi connectivity index (χ2v) is 7.28. The van der Waals surface area contributed by atoms with Gasteiger partial charge >= 0.3 is 0 Å². The molecule has 1 saturated heterocycles. The van der Waals surface area contributed by atoms with Crippen molar-refractivity contribution >= 4 is 29.0 Å². The average molecular weight is 339 g/mol. The van der Waals surface area contributed by atoms with E-state index in [2.05, 4.69) is 64.1 Å². The van der Waals surface area contributed by atoms with Crippen LogP contribution in [0.3, 0.4) is 0 Å². The smallest absolute Gasteiger partial charge is 0.222 e. The fraction of sp³-hybridized carbons (Fsp3) is 0.316. The molecule has 0 aliphatic carbocycles. The first-order valence-electron chi connectivity index (χ1n) is 8.45. The Morgan fingerprint density at radius 1 is 1.12 bits per heavy atom. The minimum Gasteiger partial charge on any atom is -0.352 e. The van der Waals surface area contributed by atoms with Gasteiger partial charge in [-0.2, -0.15) is 0 Å². The number of hydrogen-bond acceptors (Lipinski definition) is 4. The number of amides is 1. The molecular formula is C19H21N3OS. The van der Waals surface area contributed by atoms with E-state index in [9.17, 15) is 4.79 Å². The van der Waals surface area contributed by atoms with Gasteiger partial charge in [-0.25, -0.2) is 0 Å². The Labute approximate surface area is 146 Å². The Morgan fingerprint density at radius 3 is 2.42 bits per heavy atom. The van der Waals surface area contributed by atoms with Gasteiger partial charge in [-0.05, 0) is 37.2 Å². The van der Waals surface area contributed by atoms with Crippen LogP contribution >= 0.6 is 11.8 Å². The Balaban J connectivity index is 1.50. The SMILES string of the molecule is O=C(CCN1c2ccccc2Sc2ccccc21)NC1CCNC1. The molecule has 1 amide bonds. The molecular weight excluding hydrogens is 318 g/mol. The zero-order valence-electron chi connectivity index (χ0n) is 13.5. The van der Waals surface area contributed by atoms with Gasteiger partial charge in [0.25, 0.3) is 0 Å². The van der Waals surface area contributed by atoms with Gasteiger partial charge in [0.05, 0.1) is 11.4 Å². The summed E-state index contributed by atoms with van der Waals surface area (Å²) >= 11 is 1.80. The van der Waals surface area contributed by atoms with Gasteiger partial charge in [-0.1, -0.05) is 36.0 Å². The lowest BCUT2D eigenvalue weighted by atomic mass is 10.2. The molecule has 0 aromatic heterocycles. The van der Waals surface area contributed by atoms with E-state index in [1.807, 2.05) is 0 Å². The predicted octanol–water partition coefficient (Wildman–Crippen LogP) is 3.16. The quantitative estimate of drug-likeness (QED) is 0.898. The van der Waals surface area contributed by atoms with Gasteiger partial charge in [0.15, 0.2) is 0 Å². The third kappa shape index (κ3) is 3.14. The van der Waals surface area contributed by atoms with Gasteiger partial charge in [0, 0.05) is 35.3 Å². The Morgan fingerprint density at radius 2 is 1.79 bits per heavy atom. The molecule has 2 N–H and O–H groups in total. The van der Waals surface area contributed by atoms with Crippen molar-refractivity contribution in [3.8, 4) is 0 Å². The highest BCUT2D eigenvalue weighted by Gasteiger charge is 2.23. The Hall–Kier alpha value is -1.98. The standard InChI is InChI=1S/C19H21N3OS/c23-19(21-14-9-11-20-13-14)10-12-22-15-5-1-3-7-17(15)24-18-8-4-2-6-16(18)22/h1-8,14,20H,9-13H2,(H,21,23). The van der Waals surface area contributed by atoms with Gasteiger partial charge < -0.3 is 15.5 Å². The lowest BCUT2D eigenvalue weighted by Gasteiger charge is -2.32. The van der Waals surface area contributed by atoms with Crippen molar-refractivity contribution in [3.05, 3.63) is 48.5 Å². The first-order chi connectivity index (χ1) is 11.8. The second kappa shape index (κ2) is 6.87. The molecule has 0 spiro atoms. The van der Waals surface area contributed by atoms with Crippen molar-refractivity contribution in [2.75, 3.05) is 24.5 Å². The summed E-state index contributed by atoms with van der Waals surface area (Å²) in [7, 11) is 0. The molecule has 2 aromatic carbocycles. The fourth-order valence-electron chi connectivity index (χ4n) is 3.31. The monoisotopic (exact) mass is 339 g/mol. The zero-order chi connectivity index (χ0) is 16.4. The van der Waals surface area contributed by atoms with E-state index in [1.165, 1.54) is 21.2 Å². The lowest BCUT2D eigenvalue weighted by Crippen LogP contribution is -2.38. The molecule has 2 aliphatic heterocycles. The van der Waals surface area contributed by atoms with Crippen LogP contribution in [0.1, 0.15) is 12.8 Å². The number of carbonyl (C=O) groups is 1. The third-order valence-electron chi connectivity index (χ3n) is 4.52. The van der Waals surface area contributed by atoms with Gasteiger partial charge in [-0.3, -0.25) is 4.79 Å². The third-order valence-corrected chi connectivity index (χ3v) is 5.65. The maximum atomic E-state index is 12.3. The summed E-state index contributed by atoms with van der Waals surface area (Å²) in [5.74, 6) is 0.136. The van der Waals surface area contributed by atoms with Crippen LogP contribution in [0.2, 0.25) is 0 Å². The number of benzene rings is 2. The normalized spacial score (nSPS) is 18.8. The molecule has 1 fully saturated rings. The van der Waals surface area contributed by atoms with Crippen LogP contribution in [0.15, 0.2) is 58.3 Å². The van der Waals surface area contributed by atoms with Gasteiger partial charge in [-0.15, -0.1) is 0 Å². The summed E-state index contributed by atoms with van der Waals surface area (Å²) in [6.45, 7) is 2.58. The van der Waals surface area contributed by atoms with E-state index in [0.717, 1.165) is 19.5 Å². The number of nitrogens with zero attached hydrogens (tertiary/aromatic N) is 1. The fourth-order valence-corrected chi connectivity index (χ4v) is 4.41. The van der Waals surface area contributed by atoms with Crippen LogP contribution < -0.4 is 15.5 Å². The molecule has 0 bridgehead atoms. The molecule has 1 atom stereocenters. The number of hydrogen-bond donors (Lipinski definition) is 2. The summed E-state index contributed by atoms with van der Waals surface area (Å²) < 4.78 is 0. The van der Waals surface area contributed by atoms with Crippen LogP contribution in [-0.2, 0) is 4.79 Å². The summed E-state index contributed by atoms with van der Waals surface area (Å²) in [6, 6.07) is 17.1. The maximum Gasteiger partial charge on any atom is 0.222 e. The Kier molecular flexibility index (Phi) is 4.45. The summed E-state index contributed by atoms with van der Waals surface area (Å²) in [6.07, 6.45) is 1.53. The van der Waals surface area contributed by atoms with Crippen LogP contribution in [0.5, 0.6) is 0 Å². The molecule has 1 unspecified atom stereocenters. The van der Waals surface area contributed by atoms with Crippen LogP contribution in [-0.4, -0.2) is 31.6 Å². The van der Waals surface area contributed by atoms with Gasteiger partial charge in [0.1, 0.15) is 0 Å². The highest BCUT2D eigenvalue weighted by molar-refractivity contribution is 7.99. The van der Waals surface area contributed by atoms with Crippen molar-refractivity contribution in [2.45, 2.75) is 28.7 Å². The molecule has 124 valence electrons. The molecule has 2 heterocycles. The summed E-state index contributed by atoms with van der Waals surface area (Å²) in [5.41, 5.74) is 2.38. The first kappa shape index (κ1) is 15.5. The summed E-state index contributed by atoms with van der Waals surface area (Å²) in [5, 5.41) is 6.41. The van der Waals surface area contributed by atoms with Crippen LogP contribution in [0.4, 0.5) is 11.4 Å². The highest BCUT2D eigenvalue weighted by Crippen LogP contribution is 2.47. The number of fused-ring (bicyclic) bond motifs is 2. The van der Waals surface area contributed by atoms with Crippen LogP contribution in [0, 0.1) is 0 Å². The zero-order valence-corrected chi connectivity index (χ0v) is 14.3. The van der Waals surface area contributed by atoms with Crippen LogP contribution in [0.25, 0.3) is 0 Å². The molecule has 2 aliphatic rings. The summed E-state index contributed by atoms with van der Waals surface area (Å²) in [4.78, 5) is 17.1. The predicted molar refractivity (Wildman–Crippen MR) is 98.0 cm³/mol. The van der Waals surface area contributed by atoms with E-state index in [1.54, 1.807) is 11.8 Å². The molecule has 5 heteroatoms. The molecule has 24 heavy (non-hydrogen) atoms. The number of anilines is 2. The number of carbonyl (C=O) groups excluding carboxylic acids is 1. The van der Waals surface area contributed by atoms with E-state index in [4.69, 9.17) is 0 Å².